The van der Waals surface area contributed by atoms with Crippen molar-refractivity contribution >= 4 is 23.3 Å². The van der Waals surface area contributed by atoms with Crippen molar-refractivity contribution in [2.75, 3.05) is 13.7 Å². The van der Waals surface area contributed by atoms with E-state index in [1.807, 2.05) is 24.4 Å². The van der Waals surface area contributed by atoms with Gasteiger partial charge in [0.1, 0.15) is 6.04 Å². The molecule has 0 aliphatic carbocycles. The second-order valence-corrected chi connectivity index (χ2v) is 5.01. The average molecular weight is 286 g/mol. The molecule has 0 bridgehead atoms. The van der Waals surface area contributed by atoms with Crippen molar-refractivity contribution in [3.05, 3.63) is 22.4 Å². The summed E-state index contributed by atoms with van der Waals surface area (Å²) in [6.07, 6.45) is 0.229. The van der Waals surface area contributed by atoms with Crippen LogP contribution in [0.5, 0.6) is 0 Å². The molecule has 0 saturated carbocycles. The number of carboxylic acid groups (broad SMARTS) is 1. The van der Waals surface area contributed by atoms with Crippen LogP contribution in [0.3, 0.4) is 0 Å². The SMILES string of the molecule is COCCC(NC(=O)NC(C)c1cccs1)C(=O)O. The monoisotopic (exact) mass is 286 g/mol. The molecule has 19 heavy (non-hydrogen) atoms. The molecule has 0 aromatic carbocycles. The Bertz CT molecular complexity index is 408. The highest BCUT2D eigenvalue weighted by Gasteiger charge is 2.20. The van der Waals surface area contributed by atoms with Gasteiger partial charge < -0.3 is 20.5 Å². The molecule has 0 saturated heterocycles. The summed E-state index contributed by atoms with van der Waals surface area (Å²) >= 11 is 1.53. The molecule has 0 radical (unpaired) electrons. The first-order valence-electron chi connectivity index (χ1n) is 5.86. The van der Waals surface area contributed by atoms with Crippen LogP contribution >= 0.6 is 11.3 Å². The minimum absolute atomic E-state index is 0.156. The minimum Gasteiger partial charge on any atom is -0.480 e. The summed E-state index contributed by atoms with van der Waals surface area (Å²) in [5.41, 5.74) is 0. The van der Waals surface area contributed by atoms with Crippen molar-refractivity contribution in [3.63, 3.8) is 0 Å². The van der Waals surface area contributed by atoms with E-state index in [0.717, 1.165) is 4.88 Å². The zero-order chi connectivity index (χ0) is 14.3. The molecular weight excluding hydrogens is 268 g/mol. The van der Waals surface area contributed by atoms with E-state index < -0.39 is 18.0 Å². The smallest absolute Gasteiger partial charge is 0.326 e. The van der Waals surface area contributed by atoms with Crippen LogP contribution in [0.15, 0.2) is 17.5 Å². The van der Waals surface area contributed by atoms with Crippen LogP contribution in [-0.4, -0.2) is 36.9 Å². The second-order valence-electron chi connectivity index (χ2n) is 4.03. The minimum atomic E-state index is -1.07. The number of thiophene rings is 1. The van der Waals surface area contributed by atoms with Crippen molar-refractivity contribution in [2.24, 2.45) is 0 Å². The van der Waals surface area contributed by atoms with Crippen LogP contribution in [0.4, 0.5) is 4.79 Å². The Morgan fingerprint density at radius 1 is 1.47 bits per heavy atom. The number of hydrogen-bond acceptors (Lipinski definition) is 4. The number of rotatable bonds is 7. The summed E-state index contributed by atoms with van der Waals surface area (Å²) in [6, 6.07) is 2.21. The maximum absolute atomic E-state index is 11.7. The third kappa shape index (κ3) is 5.27. The van der Waals surface area contributed by atoms with E-state index in [2.05, 4.69) is 10.6 Å². The zero-order valence-corrected chi connectivity index (χ0v) is 11.7. The van der Waals surface area contributed by atoms with Crippen molar-refractivity contribution < 1.29 is 19.4 Å². The highest BCUT2D eigenvalue weighted by molar-refractivity contribution is 7.10. The van der Waals surface area contributed by atoms with E-state index in [4.69, 9.17) is 9.84 Å². The lowest BCUT2D eigenvalue weighted by Crippen LogP contribution is -2.47. The number of carbonyl (C=O) groups excluding carboxylic acids is 1. The number of aliphatic carboxylic acids is 1. The van der Waals surface area contributed by atoms with E-state index in [0.29, 0.717) is 0 Å². The molecule has 106 valence electrons. The highest BCUT2D eigenvalue weighted by atomic mass is 32.1. The summed E-state index contributed by atoms with van der Waals surface area (Å²) in [5, 5.41) is 16.0. The molecule has 2 amide bonds. The second kappa shape index (κ2) is 7.75. The number of carboxylic acids is 1. The van der Waals surface area contributed by atoms with Gasteiger partial charge in [0, 0.05) is 25.0 Å². The zero-order valence-electron chi connectivity index (χ0n) is 10.9. The van der Waals surface area contributed by atoms with E-state index in [-0.39, 0.29) is 19.1 Å². The first-order valence-corrected chi connectivity index (χ1v) is 6.74. The number of methoxy groups -OCH3 is 1. The molecule has 1 aromatic heterocycles. The van der Waals surface area contributed by atoms with Gasteiger partial charge in [0.2, 0.25) is 0 Å². The lowest BCUT2D eigenvalue weighted by molar-refractivity contribution is -0.139. The predicted octanol–water partition coefficient (Wildman–Crippen LogP) is 1.60. The third-order valence-electron chi connectivity index (χ3n) is 2.53. The van der Waals surface area contributed by atoms with E-state index in [9.17, 15) is 9.59 Å². The first kappa shape index (κ1) is 15.5. The van der Waals surface area contributed by atoms with Crippen LogP contribution in [-0.2, 0) is 9.53 Å². The molecule has 1 heterocycles. The van der Waals surface area contributed by atoms with Gasteiger partial charge in [-0.05, 0) is 18.4 Å². The quantitative estimate of drug-likeness (QED) is 0.710. The summed E-state index contributed by atoms with van der Waals surface area (Å²) in [7, 11) is 1.48. The Hall–Kier alpha value is -1.60. The van der Waals surface area contributed by atoms with Gasteiger partial charge in [0.05, 0.1) is 6.04 Å². The van der Waals surface area contributed by atoms with Crippen molar-refractivity contribution in [1.29, 1.82) is 0 Å². The average Bonchev–Trinajstić information content (AvgIpc) is 2.87. The third-order valence-corrected chi connectivity index (χ3v) is 3.59. The molecule has 2 atom stereocenters. The summed E-state index contributed by atoms with van der Waals surface area (Å²) in [5.74, 6) is -1.07. The lowest BCUT2D eigenvalue weighted by atomic mass is 10.2. The predicted molar refractivity (Wildman–Crippen MR) is 72.3 cm³/mol. The molecule has 3 N–H and O–H groups in total. The van der Waals surface area contributed by atoms with E-state index in [1.54, 1.807) is 0 Å². The fourth-order valence-electron chi connectivity index (χ4n) is 1.50. The number of carbonyl (C=O) groups is 2. The molecule has 1 aromatic rings. The van der Waals surface area contributed by atoms with Gasteiger partial charge in [-0.1, -0.05) is 6.07 Å². The number of hydrogen-bond donors (Lipinski definition) is 3. The van der Waals surface area contributed by atoms with Gasteiger partial charge >= 0.3 is 12.0 Å². The Kier molecular flexibility index (Phi) is 6.31. The van der Waals surface area contributed by atoms with Crippen LogP contribution in [0.25, 0.3) is 0 Å². The first-order chi connectivity index (χ1) is 9.04. The summed E-state index contributed by atoms with van der Waals surface area (Å²) in [6.45, 7) is 2.12. The fourth-order valence-corrected chi connectivity index (χ4v) is 2.23. The van der Waals surface area contributed by atoms with E-state index >= 15 is 0 Å². The van der Waals surface area contributed by atoms with Crippen LogP contribution < -0.4 is 10.6 Å². The summed E-state index contributed by atoms with van der Waals surface area (Å²) in [4.78, 5) is 23.7. The Balaban J connectivity index is 2.46. The summed E-state index contributed by atoms with van der Waals surface area (Å²) < 4.78 is 4.81. The lowest BCUT2D eigenvalue weighted by Gasteiger charge is -2.17. The Morgan fingerprint density at radius 3 is 2.74 bits per heavy atom. The normalized spacial score (nSPS) is 13.6. The molecule has 6 nitrogen and oxygen atoms in total. The van der Waals surface area contributed by atoms with Gasteiger partial charge in [0.25, 0.3) is 0 Å². The van der Waals surface area contributed by atoms with Crippen molar-refractivity contribution in [1.82, 2.24) is 10.6 Å². The molecule has 0 aliphatic rings. The van der Waals surface area contributed by atoms with E-state index in [1.165, 1.54) is 18.4 Å². The van der Waals surface area contributed by atoms with Gasteiger partial charge in [0.15, 0.2) is 0 Å². The maximum Gasteiger partial charge on any atom is 0.326 e. The molecule has 7 heteroatoms. The van der Waals surface area contributed by atoms with Crippen LogP contribution in [0, 0.1) is 0 Å². The van der Waals surface area contributed by atoms with Crippen LogP contribution in [0.2, 0.25) is 0 Å². The molecule has 2 unspecified atom stereocenters. The largest absolute Gasteiger partial charge is 0.480 e. The molecule has 1 rings (SSSR count). The molecule has 0 fully saturated rings. The number of urea groups is 1. The number of nitrogens with one attached hydrogen (secondary N) is 2. The molecule has 0 spiro atoms. The number of ether oxygens (including phenoxy) is 1. The highest BCUT2D eigenvalue weighted by Crippen LogP contribution is 2.17. The number of amides is 2. The Morgan fingerprint density at radius 2 is 2.21 bits per heavy atom. The van der Waals surface area contributed by atoms with Gasteiger partial charge in [-0.2, -0.15) is 0 Å². The molecule has 0 aliphatic heterocycles. The Labute approximate surface area is 115 Å². The fraction of sp³-hybridized carbons (Fsp3) is 0.500. The van der Waals surface area contributed by atoms with Crippen LogP contribution in [0.1, 0.15) is 24.3 Å². The topological polar surface area (TPSA) is 87.7 Å². The van der Waals surface area contributed by atoms with Crippen molar-refractivity contribution in [2.45, 2.75) is 25.4 Å². The maximum atomic E-state index is 11.7. The van der Waals surface area contributed by atoms with Gasteiger partial charge in [-0.25, -0.2) is 9.59 Å². The standard InChI is InChI=1S/C12H18N2O4S/c1-8(10-4-3-7-19-10)13-12(17)14-9(11(15)16)5-6-18-2/h3-4,7-9H,5-6H2,1-2H3,(H,15,16)(H2,13,14,17). The molecular formula is C12H18N2O4S. The van der Waals surface area contributed by atoms with Crippen molar-refractivity contribution in [3.8, 4) is 0 Å². The van der Waals surface area contributed by atoms with Gasteiger partial charge in [-0.3, -0.25) is 0 Å². The van der Waals surface area contributed by atoms with Gasteiger partial charge in [-0.15, -0.1) is 11.3 Å².